The molecule has 2 N–H and O–H groups in total. The summed E-state index contributed by atoms with van der Waals surface area (Å²) >= 11 is 9.20. The SMILES string of the molecule is CC(C)(C)NCC(O)COc1ccc(Cl)cc1Br. The van der Waals surface area contributed by atoms with Crippen LogP contribution in [0.5, 0.6) is 5.75 Å². The zero-order valence-electron chi connectivity index (χ0n) is 10.8. The van der Waals surface area contributed by atoms with Gasteiger partial charge in [-0.2, -0.15) is 0 Å². The summed E-state index contributed by atoms with van der Waals surface area (Å²) in [5, 5.41) is 13.7. The van der Waals surface area contributed by atoms with Crippen LogP contribution in [0.15, 0.2) is 22.7 Å². The average Bonchev–Trinajstić information content (AvgIpc) is 2.24. The first-order valence-corrected chi connectivity index (χ1v) is 6.96. The minimum atomic E-state index is -0.549. The van der Waals surface area contributed by atoms with Gasteiger partial charge in [0.1, 0.15) is 18.5 Å². The van der Waals surface area contributed by atoms with Crippen LogP contribution in [-0.2, 0) is 0 Å². The van der Waals surface area contributed by atoms with Crippen LogP contribution in [0.25, 0.3) is 0 Å². The van der Waals surface area contributed by atoms with Gasteiger partial charge in [-0.1, -0.05) is 11.6 Å². The summed E-state index contributed by atoms with van der Waals surface area (Å²) in [4.78, 5) is 0. The Labute approximate surface area is 122 Å². The predicted octanol–water partition coefficient (Wildman–Crippen LogP) is 3.23. The van der Waals surface area contributed by atoms with Crippen LogP contribution < -0.4 is 10.1 Å². The maximum absolute atomic E-state index is 9.79. The predicted molar refractivity (Wildman–Crippen MR) is 78.4 cm³/mol. The number of halogens is 2. The van der Waals surface area contributed by atoms with Crippen LogP contribution >= 0.6 is 27.5 Å². The third-order valence-electron chi connectivity index (χ3n) is 2.19. The van der Waals surface area contributed by atoms with Crippen LogP contribution in [0.3, 0.4) is 0 Å². The van der Waals surface area contributed by atoms with Gasteiger partial charge < -0.3 is 15.2 Å². The Hall–Kier alpha value is -0.290. The summed E-state index contributed by atoms with van der Waals surface area (Å²) < 4.78 is 6.31. The molecule has 0 amide bonds. The molecule has 0 aliphatic heterocycles. The molecular formula is C13H19BrClNO2. The van der Waals surface area contributed by atoms with Gasteiger partial charge in [-0.25, -0.2) is 0 Å². The second kappa shape index (κ2) is 6.75. The number of hydrogen-bond acceptors (Lipinski definition) is 3. The second-order valence-corrected chi connectivity index (χ2v) is 6.46. The van der Waals surface area contributed by atoms with Crippen LogP contribution in [0.1, 0.15) is 20.8 Å². The lowest BCUT2D eigenvalue weighted by Crippen LogP contribution is -2.42. The van der Waals surface area contributed by atoms with Crippen molar-refractivity contribution in [3.63, 3.8) is 0 Å². The number of ether oxygens (including phenoxy) is 1. The van der Waals surface area contributed by atoms with E-state index in [2.05, 4.69) is 42.0 Å². The van der Waals surface area contributed by atoms with Gasteiger partial charge in [0.15, 0.2) is 0 Å². The van der Waals surface area contributed by atoms with E-state index in [9.17, 15) is 5.11 Å². The van der Waals surface area contributed by atoms with Crippen molar-refractivity contribution in [3.05, 3.63) is 27.7 Å². The van der Waals surface area contributed by atoms with Crippen LogP contribution in [0, 0.1) is 0 Å². The molecule has 3 nitrogen and oxygen atoms in total. The molecule has 1 aromatic carbocycles. The van der Waals surface area contributed by atoms with Crippen LogP contribution in [0.4, 0.5) is 0 Å². The fraction of sp³-hybridized carbons (Fsp3) is 0.538. The third kappa shape index (κ3) is 6.05. The van der Waals surface area contributed by atoms with Gasteiger partial charge in [-0.3, -0.25) is 0 Å². The number of β-amino-alcohol motifs (C(OH)–C–C–N with tert-alkyl or cyclic N) is 1. The minimum absolute atomic E-state index is 0.0121. The van der Waals surface area contributed by atoms with E-state index in [1.807, 2.05) is 0 Å². The molecule has 0 heterocycles. The second-order valence-electron chi connectivity index (χ2n) is 5.17. The fourth-order valence-corrected chi connectivity index (χ4v) is 2.06. The van der Waals surface area contributed by atoms with Crippen molar-refractivity contribution in [2.24, 2.45) is 0 Å². The molecule has 18 heavy (non-hydrogen) atoms. The van der Waals surface area contributed by atoms with Crippen molar-refractivity contribution in [2.45, 2.75) is 32.4 Å². The van der Waals surface area contributed by atoms with Crippen molar-refractivity contribution in [3.8, 4) is 5.75 Å². The normalized spacial score (nSPS) is 13.4. The highest BCUT2D eigenvalue weighted by Gasteiger charge is 2.13. The number of aliphatic hydroxyl groups is 1. The van der Waals surface area contributed by atoms with Gasteiger partial charge in [0, 0.05) is 17.1 Å². The lowest BCUT2D eigenvalue weighted by Gasteiger charge is -2.23. The van der Waals surface area contributed by atoms with Crippen molar-refractivity contribution >= 4 is 27.5 Å². The van der Waals surface area contributed by atoms with E-state index < -0.39 is 6.10 Å². The molecule has 1 rings (SSSR count). The Morgan fingerprint density at radius 1 is 1.44 bits per heavy atom. The van der Waals surface area contributed by atoms with E-state index in [4.69, 9.17) is 16.3 Å². The summed E-state index contributed by atoms with van der Waals surface area (Å²) in [6.45, 7) is 6.89. The Kier molecular flexibility index (Phi) is 5.92. The molecule has 0 radical (unpaired) electrons. The van der Waals surface area contributed by atoms with Gasteiger partial charge in [-0.15, -0.1) is 0 Å². The van der Waals surface area contributed by atoms with Crippen molar-refractivity contribution in [2.75, 3.05) is 13.2 Å². The number of aliphatic hydroxyl groups excluding tert-OH is 1. The van der Waals surface area contributed by atoms with Gasteiger partial charge in [0.25, 0.3) is 0 Å². The van der Waals surface area contributed by atoms with E-state index >= 15 is 0 Å². The maximum atomic E-state index is 9.79. The van der Waals surface area contributed by atoms with Crippen molar-refractivity contribution < 1.29 is 9.84 Å². The molecule has 0 saturated heterocycles. The largest absolute Gasteiger partial charge is 0.490 e. The molecule has 0 aliphatic carbocycles. The number of rotatable bonds is 5. The highest BCUT2D eigenvalue weighted by Crippen LogP contribution is 2.27. The van der Waals surface area contributed by atoms with Gasteiger partial charge >= 0.3 is 0 Å². The van der Waals surface area contributed by atoms with Crippen molar-refractivity contribution in [1.29, 1.82) is 0 Å². The van der Waals surface area contributed by atoms with E-state index in [1.54, 1.807) is 18.2 Å². The molecule has 1 aromatic rings. The number of benzene rings is 1. The van der Waals surface area contributed by atoms with Gasteiger partial charge in [0.2, 0.25) is 0 Å². The van der Waals surface area contributed by atoms with E-state index in [1.165, 1.54) is 0 Å². The number of nitrogens with one attached hydrogen (secondary N) is 1. The maximum Gasteiger partial charge on any atom is 0.133 e. The molecule has 5 heteroatoms. The molecule has 0 bridgehead atoms. The fourth-order valence-electron chi connectivity index (χ4n) is 1.26. The summed E-state index contributed by atoms with van der Waals surface area (Å²) in [6, 6.07) is 5.29. The Balaban J connectivity index is 2.40. The molecule has 0 spiro atoms. The molecule has 0 aliphatic rings. The first-order chi connectivity index (χ1) is 8.28. The van der Waals surface area contributed by atoms with Crippen LogP contribution in [-0.4, -0.2) is 29.9 Å². The molecule has 0 aromatic heterocycles. The van der Waals surface area contributed by atoms with E-state index in [-0.39, 0.29) is 12.1 Å². The minimum Gasteiger partial charge on any atom is -0.490 e. The molecule has 102 valence electrons. The highest BCUT2D eigenvalue weighted by molar-refractivity contribution is 9.10. The summed E-state index contributed by atoms with van der Waals surface area (Å²) in [5.41, 5.74) is -0.0121. The van der Waals surface area contributed by atoms with Crippen molar-refractivity contribution in [1.82, 2.24) is 5.32 Å². The average molecular weight is 337 g/mol. The molecule has 0 fully saturated rings. The topological polar surface area (TPSA) is 41.5 Å². The molecule has 0 saturated carbocycles. The molecular weight excluding hydrogens is 318 g/mol. The Morgan fingerprint density at radius 3 is 2.67 bits per heavy atom. The van der Waals surface area contributed by atoms with E-state index in [0.29, 0.717) is 17.3 Å². The standard InChI is InChI=1S/C13H19BrClNO2/c1-13(2,3)16-7-10(17)8-18-12-5-4-9(15)6-11(12)14/h4-6,10,16-17H,7-8H2,1-3H3. The Morgan fingerprint density at radius 2 is 2.11 bits per heavy atom. The molecule has 1 atom stereocenters. The van der Waals surface area contributed by atoms with Gasteiger partial charge in [0.05, 0.1) is 4.47 Å². The first-order valence-electron chi connectivity index (χ1n) is 5.79. The third-order valence-corrected chi connectivity index (χ3v) is 3.05. The lowest BCUT2D eigenvalue weighted by atomic mass is 10.1. The summed E-state index contributed by atoms with van der Waals surface area (Å²) in [5.74, 6) is 0.675. The summed E-state index contributed by atoms with van der Waals surface area (Å²) in [7, 11) is 0. The number of hydrogen-bond donors (Lipinski definition) is 2. The monoisotopic (exact) mass is 335 g/mol. The summed E-state index contributed by atoms with van der Waals surface area (Å²) in [6.07, 6.45) is -0.549. The lowest BCUT2D eigenvalue weighted by molar-refractivity contribution is 0.0997. The Bertz CT molecular complexity index is 393. The zero-order valence-corrected chi connectivity index (χ0v) is 13.2. The molecule has 1 unspecified atom stereocenters. The highest BCUT2D eigenvalue weighted by atomic mass is 79.9. The van der Waals surface area contributed by atoms with Crippen LogP contribution in [0.2, 0.25) is 5.02 Å². The van der Waals surface area contributed by atoms with Gasteiger partial charge in [-0.05, 0) is 54.9 Å². The first kappa shape index (κ1) is 15.8. The quantitative estimate of drug-likeness (QED) is 0.867. The smallest absolute Gasteiger partial charge is 0.133 e. The van der Waals surface area contributed by atoms with E-state index in [0.717, 1.165) is 4.47 Å². The zero-order chi connectivity index (χ0) is 13.8.